The Morgan fingerprint density at radius 1 is 1.29 bits per heavy atom. The van der Waals surface area contributed by atoms with Crippen molar-refractivity contribution in [1.29, 1.82) is 0 Å². The summed E-state index contributed by atoms with van der Waals surface area (Å²) in [6.45, 7) is 4.83. The van der Waals surface area contributed by atoms with Crippen molar-refractivity contribution < 1.29 is 0 Å². The molecule has 0 saturated heterocycles. The van der Waals surface area contributed by atoms with Crippen LogP contribution in [0.5, 0.6) is 0 Å². The Kier molecular flexibility index (Phi) is 3.86. The number of aromatic amines is 1. The van der Waals surface area contributed by atoms with Crippen LogP contribution in [0.25, 0.3) is 10.9 Å². The molecule has 3 aromatic rings. The number of benzene rings is 1. The average molecular weight is 280 g/mol. The maximum Gasteiger partial charge on any atom is 0.134 e. The number of hydrogen-bond acceptors (Lipinski definition) is 2. The quantitative estimate of drug-likeness (QED) is 0.763. The Hall–Kier alpha value is -2.36. The lowest BCUT2D eigenvalue weighted by atomic mass is 10.0. The molecule has 0 radical (unpaired) electrons. The largest absolute Gasteiger partial charge is 0.361 e. The summed E-state index contributed by atoms with van der Waals surface area (Å²) >= 11 is 0. The van der Waals surface area contributed by atoms with E-state index in [1.54, 1.807) is 0 Å². The van der Waals surface area contributed by atoms with E-state index in [0.29, 0.717) is 0 Å². The normalized spacial score (nSPS) is 16.4. The number of rotatable bonds is 2. The zero-order valence-corrected chi connectivity index (χ0v) is 12.5. The third-order valence-electron chi connectivity index (χ3n) is 3.70. The van der Waals surface area contributed by atoms with Gasteiger partial charge in [-0.2, -0.15) is 0 Å². The Labute approximate surface area is 124 Å². The van der Waals surface area contributed by atoms with Crippen LogP contribution < -0.4 is 0 Å². The number of aromatic nitrogens is 3. The van der Waals surface area contributed by atoms with Crippen LogP contribution in [0.4, 0.5) is 0 Å². The molecule has 0 bridgehead atoms. The van der Waals surface area contributed by atoms with Gasteiger partial charge in [0.1, 0.15) is 11.9 Å². The van der Waals surface area contributed by atoms with E-state index in [1.165, 1.54) is 16.5 Å². The van der Waals surface area contributed by atoms with Gasteiger partial charge in [-0.1, -0.05) is 32.0 Å². The molecule has 108 valence electrons. The molecule has 1 unspecified atom stereocenters. The fourth-order valence-corrected chi connectivity index (χ4v) is 2.75. The molecule has 0 aliphatic carbocycles. The number of fused-ring (bicyclic) bond motifs is 2. The highest BCUT2D eigenvalue weighted by molar-refractivity contribution is 5.83. The number of nitrogens with zero attached hydrogens (tertiary/aromatic N) is 3. The maximum atomic E-state index is 4.60. The first-order valence-corrected chi connectivity index (χ1v) is 7.49. The minimum atomic E-state index is 0.128. The summed E-state index contributed by atoms with van der Waals surface area (Å²) in [4.78, 5) is 12.4. The van der Waals surface area contributed by atoms with Crippen LogP contribution in [-0.4, -0.2) is 20.7 Å². The predicted molar refractivity (Wildman–Crippen MR) is 86.8 cm³/mol. The predicted octanol–water partition coefficient (Wildman–Crippen LogP) is 3.76. The monoisotopic (exact) mass is 280 g/mol. The SMILES string of the molecule is C1=NC(Cc2c[nH]c3ccccc23)c2nccn2C1.CC. The van der Waals surface area contributed by atoms with Crippen LogP contribution in [0.1, 0.15) is 31.3 Å². The molecular formula is C17H20N4. The first kappa shape index (κ1) is 13.6. The van der Waals surface area contributed by atoms with Gasteiger partial charge in [-0.05, 0) is 11.6 Å². The highest BCUT2D eigenvalue weighted by atomic mass is 15.1. The van der Waals surface area contributed by atoms with E-state index in [0.717, 1.165) is 18.8 Å². The molecule has 3 heterocycles. The summed E-state index contributed by atoms with van der Waals surface area (Å²) in [6.07, 6.45) is 8.82. The second kappa shape index (κ2) is 5.95. The highest BCUT2D eigenvalue weighted by Crippen LogP contribution is 2.27. The number of hydrogen-bond donors (Lipinski definition) is 1. The van der Waals surface area contributed by atoms with Crippen LogP contribution >= 0.6 is 0 Å². The maximum absolute atomic E-state index is 4.60. The smallest absolute Gasteiger partial charge is 0.134 e. The van der Waals surface area contributed by atoms with Crippen molar-refractivity contribution in [3.8, 4) is 0 Å². The van der Waals surface area contributed by atoms with E-state index in [1.807, 2.05) is 38.5 Å². The van der Waals surface area contributed by atoms with Gasteiger partial charge >= 0.3 is 0 Å². The van der Waals surface area contributed by atoms with E-state index in [2.05, 4.69) is 43.9 Å². The van der Waals surface area contributed by atoms with E-state index in [4.69, 9.17) is 0 Å². The second-order valence-electron chi connectivity index (χ2n) is 4.85. The van der Waals surface area contributed by atoms with E-state index in [-0.39, 0.29) is 6.04 Å². The van der Waals surface area contributed by atoms with Crippen LogP contribution in [0.3, 0.4) is 0 Å². The van der Waals surface area contributed by atoms with Gasteiger partial charge in [0.25, 0.3) is 0 Å². The van der Waals surface area contributed by atoms with Gasteiger partial charge < -0.3 is 9.55 Å². The molecule has 1 aliphatic rings. The lowest BCUT2D eigenvalue weighted by molar-refractivity contribution is 0.603. The minimum Gasteiger partial charge on any atom is -0.361 e. The van der Waals surface area contributed by atoms with E-state index >= 15 is 0 Å². The van der Waals surface area contributed by atoms with Gasteiger partial charge in [0.05, 0.1) is 6.54 Å². The van der Waals surface area contributed by atoms with E-state index in [9.17, 15) is 0 Å². The van der Waals surface area contributed by atoms with Gasteiger partial charge in [0, 0.05) is 42.1 Å². The van der Waals surface area contributed by atoms with Gasteiger partial charge in [-0.15, -0.1) is 0 Å². The number of nitrogens with one attached hydrogen (secondary N) is 1. The fraction of sp³-hybridized carbons (Fsp3) is 0.294. The number of H-pyrrole nitrogens is 1. The molecule has 21 heavy (non-hydrogen) atoms. The Morgan fingerprint density at radius 3 is 3.05 bits per heavy atom. The lowest BCUT2D eigenvalue weighted by Crippen LogP contribution is -2.15. The Bertz CT molecular complexity index is 751. The summed E-state index contributed by atoms with van der Waals surface area (Å²) in [7, 11) is 0. The third kappa shape index (κ3) is 2.49. The number of aliphatic imine (C=N–C) groups is 1. The molecule has 1 N–H and O–H groups in total. The Morgan fingerprint density at radius 2 is 2.14 bits per heavy atom. The molecular weight excluding hydrogens is 260 g/mol. The van der Waals surface area contributed by atoms with Gasteiger partial charge in [-0.3, -0.25) is 4.99 Å². The van der Waals surface area contributed by atoms with Crippen LogP contribution in [-0.2, 0) is 13.0 Å². The fourth-order valence-electron chi connectivity index (χ4n) is 2.75. The summed E-state index contributed by atoms with van der Waals surface area (Å²) in [5, 5.41) is 1.28. The van der Waals surface area contributed by atoms with Crippen molar-refractivity contribution in [2.24, 2.45) is 4.99 Å². The topological polar surface area (TPSA) is 46.0 Å². The van der Waals surface area contributed by atoms with Crippen molar-refractivity contribution in [3.05, 3.63) is 54.2 Å². The molecule has 0 amide bonds. The molecule has 1 aliphatic heterocycles. The van der Waals surface area contributed by atoms with E-state index < -0.39 is 0 Å². The second-order valence-corrected chi connectivity index (χ2v) is 4.85. The molecule has 0 spiro atoms. The molecule has 4 rings (SSSR count). The summed E-state index contributed by atoms with van der Waals surface area (Å²) in [5.74, 6) is 1.06. The summed E-state index contributed by atoms with van der Waals surface area (Å²) < 4.78 is 2.16. The lowest BCUT2D eigenvalue weighted by Gasteiger charge is -2.17. The molecule has 0 saturated carbocycles. The van der Waals surface area contributed by atoms with Crippen LogP contribution in [0, 0.1) is 0 Å². The van der Waals surface area contributed by atoms with Crippen molar-refractivity contribution in [3.63, 3.8) is 0 Å². The molecule has 2 aromatic heterocycles. The average Bonchev–Trinajstić information content (AvgIpc) is 3.17. The molecule has 0 fully saturated rings. The van der Waals surface area contributed by atoms with Crippen LogP contribution in [0.15, 0.2) is 47.8 Å². The van der Waals surface area contributed by atoms with Crippen LogP contribution in [0.2, 0.25) is 0 Å². The first-order valence-electron chi connectivity index (χ1n) is 7.49. The standard InChI is InChI=1S/C15H14N4.C2H6/c1-2-4-13-12(3-1)11(10-18-13)9-14-15-17-6-8-19(15)7-5-16-14;1-2/h1-6,8,10,14,18H,7,9H2;1-2H3. The summed E-state index contributed by atoms with van der Waals surface area (Å²) in [6, 6.07) is 8.51. The first-order chi connectivity index (χ1) is 10.4. The van der Waals surface area contributed by atoms with Crippen molar-refractivity contribution in [1.82, 2.24) is 14.5 Å². The van der Waals surface area contributed by atoms with Gasteiger partial charge in [-0.25, -0.2) is 4.98 Å². The molecule has 1 atom stereocenters. The zero-order valence-electron chi connectivity index (χ0n) is 12.5. The summed E-state index contributed by atoms with van der Waals surface area (Å²) in [5.41, 5.74) is 2.48. The van der Waals surface area contributed by atoms with Crippen molar-refractivity contribution in [2.75, 3.05) is 0 Å². The highest BCUT2D eigenvalue weighted by Gasteiger charge is 2.20. The Balaban J connectivity index is 0.000000636. The van der Waals surface area contributed by atoms with Crippen molar-refractivity contribution >= 4 is 17.1 Å². The molecule has 4 nitrogen and oxygen atoms in total. The number of imidazole rings is 1. The zero-order chi connectivity index (χ0) is 14.7. The third-order valence-corrected chi connectivity index (χ3v) is 3.70. The minimum absolute atomic E-state index is 0.128. The molecule has 4 heteroatoms. The van der Waals surface area contributed by atoms with Gasteiger partial charge in [0.2, 0.25) is 0 Å². The van der Waals surface area contributed by atoms with Crippen molar-refractivity contribution in [2.45, 2.75) is 32.9 Å². The number of para-hydroxylation sites is 1. The van der Waals surface area contributed by atoms with Gasteiger partial charge in [0.15, 0.2) is 0 Å². The molecule has 1 aromatic carbocycles.